The Morgan fingerprint density at radius 3 is 2.74 bits per heavy atom. The number of piperazine rings is 1. The fourth-order valence-electron chi connectivity index (χ4n) is 4.87. The Bertz CT molecular complexity index is 1360. The highest BCUT2D eigenvalue weighted by Gasteiger charge is 2.37. The molecule has 9 nitrogen and oxygen atoms in total. The van der Waals surface area contributed by atoms with E-state index in [0.29, 0.717) is 25.2 Å². The molecule has 174 valence electrons. The highest BCUT2D eigenvalue weighted by Crippen LogP contribution is 2.37. The fraction of sp³-hybridized carbons (Fsp3) is 0.348. The number of carbonyl (C=O) groups is 1. The van der Waals surface area contributed by atoms with Crippen LogP contribution in [0.3, 0.4) is 0 Å². The lowest BCUT2D eigenvalue weighted by Gasteiger charge is -2.46. The molecule has 2 fully saturated rings. The van der Waals surface area contributed by atoms with E-state index in [-0.39, 0.29) is 16.6 Å². The molecule has 11 heteroatoms. The summed E-state index contributed by atoms with van der Waals surface area (Å²) < 4.78 is 15.5. The van der Waals surface area contributed by atoms with E-state index in [4.69, 9.17) is 11.6 Å². The van der Waals surface area contributed by atoms with Gasteiger partial charge in [0, 0.05) is 55.6 Å². The van der Waals surface area contributed by atoms with Crippen molar-refractivity contribution in [2.24, 2.45) is 0 Å². The minimum atomic E-state index is -0.564. The summed E-state index contributed by atoms with van der Waals surface area (Å²) in [5.41, 5.74) is 2.79. The number of rotatable bonds is 4. The van der Waals surface area contributed by atoms with Crippen LogP contribution in [0.25, 0.3) is 22.3 Å². The van der Waals surface area contributed by atoms with Crippen molar-refractivity contribution in [1.82, 2.24) is 39.5 Å². The molecule has 4 aromatic rings. The van der Waals surface area contributed by atoms with Gasteiger partial charge in [-0.05, 0) is 25.0 Å². The second-order valence-corrected chi connectivity index (χ2v) is 9.13. The van der Waals surface area contributed by atoms with Crippen molar-refractivity contribution < 1.29 is 9.18 Å². The molecular weight excluding hydrogens is 459 g/mol. The van der Waals surface area contributed by atoms with Gasteiger partial charge in [0.25, 0.3) is 5.91 Å². The van der Waals surface area contributed by atoms with E-state index in [1.807, 2.05) is 23.1 Å². The number of aromatic nitrogens is 6. The Morgan fingerprint density at radius 1 is 1.09 bits per heavy atom. The number of carbonyl (C=O) groups excluding carboxylic acids is 1. The number of halogens is 2. The van der Waals surface area contributed by atoms with Crippen molar-refractivity contribution in [3.05, 3.63) is 59.8 Å². The third-order valence-electron chi connectivity index (χ3n) is 6.85. The minimum absolute atomic E-state index is 0.0356. The lowest BCUT2D eigenvalue weighted by Crippen LogP contribution is -2.55. The molecule has 1 N–H and O–H groups in total. The largest absolute Gasteiger partial charge is 0.346 e. The number of nitrogens with one attached hydrogen (secondary N) is 1. The number of pyridine rings is 1. The van der Waals surface area contributed by atoms with Gasteiger partial charge in [-0.2, -0.15) is 5.10 Å². The Kier molecular flexibility index (Phi) is 5.26. The summed E-state index contributed by atoms with van der Waals surface area (Å²) in [6.07, 6.45) is 10.4. The maximum atomic E-state index is 13.5. The molecule has 1 amide bonds. The molecule has 0 radical (unpaired) electrons. The molecule has 6 rings (SSSR count). The van der Waals surface area contributed by atoms with Gasteiger partial charge in [0.1, 0.15) is 22.9 Å². The average molecular weight is 481 g/mol. The first-order chi connectivity index (χ1) is 16.6. The highest BCUT2D eigenvalue weighted by molar-refractivity contribution is 6.32. The molecule has 4 aromatic heterocycles. The molecule has 0 unspecified atom stereocenters. The molecule has 0 aromatic carbocycles. The summed E-state index contributed by atoms with van der Waals surface area (Å²) in [6, 6.07) is 3.94. The van der Waals surface area contributed by atoms with E-state index < -0.39 is 5.82 Å². The van der Waals surface area contributed by atoms with Gasteiger partial charge in [-0.3, -0.25) is 14.4 Å². The first kappa shape index (κ1) is 21.2. The topological polar surface area (TPSA) is 95.8 Å². The minimum Gasteiger partial charge on any atom is -0.346 e. The molecule has 0 bridgehead atoms. The molecule has 1 saturated carbocycles. The van der Waals surface area contributed by atoms with Gasteiger partial charge in [-0.15, -0.1) is 0 Å². The monoisotopic (exact) mass is 480 g/mol. The molecule has 1 aliphatic heterocycles. The first-order valence-corrected chi connectivity index (χ1v) is 11.6. The number of hydrogen-bond donors (Lipinski definition) is 1. The van der Waals surface area contributed by atoms with Gasteiger partial charge < -0.3 is 9.88 Å². The van der Waals surface area contributed by atoms with Crippen LogP contribution in [0, 0.1) is 5.82 Å². The zero-order chi connectivity index (χ0) is 23.2. The molecule has 1 saturated heterocycles. The lowest BCUT2D eigenvalue weighted by molar-refractivity contribution is 0.0294. The van der Waals surface area contributed by atoms with Crippen LogP contribution < -0.4 is 0 Å². The number of fused-ring (bicyclic) bond motifs is 1. The molecule has 34 heavy (non-hydrogen) atoms. The van der Waals surface area contributed by atoms with E-state index in [1.165, 1.54) is 0 Å². The average Bonchev–Trinajstić information content (AvgIpc) is 3.49. The second kappa shape index (κ2) is 8.44. The van der Waals surface area contributed by atoms with Crippen molar-refractivity contribution in [3.8, 4) is 11.3 Å². The molecule has 1 aliphatic carbocycles. The maximum Gasteiger partial charge on any atom is 0.257 e. The van der Waals surface area contributed by atoms with Gasteiger partial charge in [0.15, 0.2) is 0 Å². The predicted octanol–water partition coefficient (Wildman–Crippen LogP) is 3.17. The zero-order valence-electron chi connectivity index (χ0n) is 18.2. The van der Waals surface area contributed by atoms with Crippen LogP contribution >= 0.6 is 11.6 Å². The lowest BCUT2D eigenvalue weighted by atomic mass is 9.85. The van der Waals surface area contributed by atoms with Crippen LogP contribution in [0.5, 0.6) is 0 Å². The number of hydrogen-bond acceptors (Lipinski definition) is 6. The predicted molar refractivity (Wildman–Crippen MR) is 124 cm³/mol. The second-order valence-electron chi connectivity index (χ2n) is 8.77. The van der Waals surface area contributed by atoms with Gasteiger partial charge in [-0.25, -0.2) is 19.3 Å². The van der Waals surface area contributed by atoms with Crippen molar-refractivity contribution in [2.45, 2.75) is 24.9 Å². The fourth-order valence-corrected chi connectivity index (χ4v) is 5.05. The van der Waals surface area contributed by atoms with Crippen LogP contribution in [0.4, 0.5) is 4.39 Å². The van der Waals surface area contributed by atoms with Gasteiger partial charge in [0.2, 0.25) is 0 Å². The summed E-state index contributed by atoms with van der Waals surface area (Å²) in [4.78, 5) is 32.4. The SMILES string of the molecule is O=C(c1cc(F)cnc1Cl)N1CCN(C2CC(n3cc(-c4ncnc5[nH]ccc45)cn3)C2)CC1. The quantitative estimate of drug-likeness (QED) is 0.451. The normalized spacial score (nSPS) is 21.1. The molecule has 2 aliphatic rings. The van der Waals surface area contributed by atoms with E-state index in [2.05, 4.69) is 36.1 Å². The van der Waals surface area contributed by atoms with Crippen LogP contribution in [0.1, 0.15) is 29.2 Å². The van der Waals surface area contributed by atoms with Gasteiger partial charge in [-0.1, -0.05) is 11.6 Å². The standard InChI is InChI=1S/C23H22ClFN8O/c24-21-19(7-15(25)11-27-21)23(34)32-5-3-31(4-6-32)16-8-17(9-16)33-12-14(10-30-33)20-18-1-2-26-22(18)29-13-28-20/h1-2,7,10-13,16-17H,3-6,8-9H2,(H,26,28,29). The summed E-state index contributed by atoms with van der Waals surface area (Å²) >= 11 is 6.01. The third kappa shape index (κ3) is 3.72. The van der Waals surface area contributed by atoms with E-state index in [1.54, 1.807) is 11.2 Å². The number of aromatic amines is 1. The van der Waals surface area contributed by atoms with Crippen molar-refractivity contribution in [2.75, 3.05) is 26.2 Å². The molecule has 5 heterocycles. The van der Waals surface area contributed by atoms with Crippen LogP contribution in [-0.2, 0) is 0 Å². The Morgan fingerprint density at radius 2 is 1.91 bits per heavy atom. The van der Waals surface area contributed by atoms with Gasteiger partial charge in [0.05, 0.1) is 29.7 Å². The number of amides is 1. The molecule has 0 spiro atoms. The smallest absolute Gasteiger partial charge is 0.257 e. The zero-order valence-corrected chi connectivity index (χ0v) is 19.0. The summed E-state index contributed by atoms with van der Waals surface area (Å²) in [6.45, 7) is 2.72. The van der Waals surface area contributed by atoms with Crippen molar-refractivity contribution in [1.29, 1.82) is 0 Å². The van der Waals surface area contributed by atoms with E-state index >= 15 is 0 Å². The maximum absolute atomic E-state index is 13.5. The molecular formula is C23H22ClFN8O. The Balaban J connectivity index is 1.05. The van der Waals surface area contributed by atoms with E-state index in [9.17, 15) is 9.18 Å². The Labute approximate surface area is 199 Å². The third-order valence-corrected chi connectivity index (χ3v) is 7.15. The van der Waals surface area contributed by atoms with Crippen molar-refractivity contribution >= 4 is 28.5 Å². The number of nitrogens with zero attached hydrogens (tertiary/aromatic N) is 7. The van der Waals surface area contributed by atoms with Crippen LogP contribution in [0.15, 0.2) is 43.2 Å². The Hall–Kier alpha value is -3.37. The van der Waals surface area contributed by atoms with Crippen LogP contribution in [0.2, 0.25) is 5.15 Å². The van der Waals surface area contributed by atoms with E-state index in [0.717, 1.165) is 60.5 Å². The summed E-state index contributed by atoms with van der Waals surface area (Å²) in [7, 11) is 0. The first-order valence-electron chi connectivity index (χ1n) is 11.2. The number of H-pyrrole nitrogens is 1. The van der Waals surface area contributed by atoms with Gasteiger partial charge >= 0.3 is 0 Å². The molecule has 0 atom stereocenters. The highest BCUT2D eigenvalue weighted by atomic mass is 35.5. The van der Waals surface area contributed by atoms with Crippen LogP contribution in [-0.4, -0.2) is 77.6 Å². The van der Waals surface area contributed by atoms with Crippen molar-refractivity contribution in [3.63, 3.8) is 0 Å². The summed E-state index contributed by atoms with van der Waals surface area (Å²) in [5, 5.41) is 5.61. The summed E-state index contributed by atoms with van der Waals surface area (Å²) in [5.74, 6) is -0.834.